The monoisotopic (exact) mass is 249 g/mol. The van der Waals surface area contributed by atoms with E-state index in [0.717, 1.165) is 27.8 Å². The summed E-state index contributed by atoms with van der Waals surface area (Å²) in [4.78, 5) is 0. The van der Waals surface area contributed by atoms with Crippen molar-refractivity contribution in [1.29, 1.82) is 0 Å². The fourth-order valence-electron chi connectivity index (χ4n) is 2.19. The van der Waals surface area contributed by atoms with Crippen LogP contribution < -0.4 is 10.5 Å². The molecule has 0 heterocycles. The van der Waals surface area contributed by atoms with Gasteiger partial charge in [-0.1, -0.05) is 54.6 Å². The fourth-order valence-corrected chi connectivity index (χ4v) is 2.19. The summed E-state index contributed by atoms with van der Waals surface area (Å²) >= 11 is 0. The van der Waals surface area contributed by atoms with E-state index in [1.165, 1.54) is 0 Å². The third kappa shape index (κ3) is 2.38. The van der Waals surface area contributed by atoms with E-state index >= 15 is 0 Å². The molecule has 94 valence electrons. The van der Waals surface area contributed by atoms with E-state index in [2.05, 4.69) is 12.1 Å². The van der Waals surface area contributed by atoms with Gasteiger partial charge in [-0.15, -0.1) is 0 Å². The van der Waals surface area contributed by atoms with Crippen molar-refractivity contribution < 1.29 is 4.74 Å². The topological polar surface area (TPSA) is 35.2 Å². The number of hydrogen-bond donors (Lipinski definition) is 1. The molecular formula is C17H15NO. The smallest absolute Gasteiger partial charge is 0.129 e. The minimum atomic E-state index is 0.550. The Bertz CT molecular complexity index is 687. The Morgan fingerprint density at radius 2 is 1.53 bits per heavy atom. The van der Waals surface area contributed by atoms with Crippen molar-refractivity contribution in [2.75, 3.05) is 5.73 Å². The summed E-state index contributed by atoms with van der Waals surface area (Å²) in [5, 5.41) is 2.09. The van der Waals surface area contributed by atoms with Crippen LogP contribution in [0, 0.1) is 0 Å². The number of rotatable bonds is 3. The van der Waals surface area contributed by atoms with Gasteiger partial charge in [0, 0.05) is 11.1 Å². The molecule has 2 heteroatoms. The molecule has 0 aromatic heterocycles. The number of ether oxygens (including phenoxy) is 1. The van der Waals surface area contributed by atoms with Gasteiger partial charge in [0.2, 0.25) is 0 Å². The lowest BCUT2D eigenvalue weighted by Crippen LogP contribution is -1.97. The number of fused-ring (bicyclic) bond motifs is 1. The van der Waals surface area contributed by atoms with Crippen LogP contribution in [-0.2, 0) is 6.61 Å². The SMILES string of the molecule is Nc1cccc2cccc(OCc3ccccc3)c12. The Morgan fingerprint density at radius 3 is 2.32 bits per heavy atom. The number of anilines is 1. The average molecular weight is 249 g/mol. The van der Waals surface area contributed by atoms with Crippen molar-refractivity contribution in [3.8, 4) is 5.75 Å². The van der Waals surface area contributed by atoms with Crippen molar-refractivity contribution in [1.82, 2.24) is 0 Å². The largest absolute Gasteiger partial charge is 0.488 e. The second-order valence-corrected chi connectivity index (χ2v) is 4.48. The molecule has 0 saturated heterocycles. The predicted molar refractivity (Wildman–Crippen MR) is 79.1 cm³/mol. The van der Waals surface area contributed by atoms with Gasteiger partial charge in [-0.25, -0.2) is 0 Å². The summed E-state index contributed by atoms with van der Waals surface area (Å²) in [5.74, 6) is 0.833. The Morgan fingerprint density at radius 1 is 0.789 bits per heavy atom. The molecule has 3 aromatic rings. The summed E-state index contributed by atoms with van der Waals surface area (Å²) in [6.07, 6.45) is 0. The Labute approximate surface area is 112 Å². The average Bonchev–Trinajstić information content (AvgIpc) is 2.46. The molecule has 0 unspecified atom stereocenters. The van der Waals surface area contributed by atoms with Gasteiger partial charge < -0.3 is 10.5 Å². The van der Waals surface area contributed by atoms with Crippen LogP contribution in [0.5, 0.6) is 5.75 Å². The van der Waals surface area contributed by atoms with E-state index in [0.29, 0.717) is 6.61 Å². The molecule has 0 aliphatic carbocycles. The van der Waals surface area contributed by atoms with E-state index in [1.807, 2.05) is 54.6 Å². The highest BCUT2D eigenvalue weighted by Gasteiger charge is 2.05. The highest BCUT2D eigenvalue weighted by Crippen LogP contribution is 2.30. The van der Waals surface area contributed by atoms with Gasteiger partial charge in [0.1, 0.15) is 12.4 Å². The summed E-state index contributed by atoms with van der Waals surface area (Å²) < 4.78 is 5.91. The molecule has 3 rings (SSSR count). The van der Waals surface area contributed by atoms with Crippen molar-refractivity contribution in [3.05, 3.63) is 72.3 Å². The molecule has 0 saturated carbocycles. The first kappa shape index (κ1) is 11.6. The minimum Gasteiger partial charge on any atom is -0.488 e. The molecule has 0 radical (unpaired) electrons. The highest BCUT2D eigenvalue weighted by molar-refractivity contribution is 5.97. The molecule has 0 spiro atoms. The quantitative estimate of drug-likeness (QED) is 0.712. The van der Waals surface area contributed by atoms with Gasteiger partial charge in [0.05, 0.1) is 0 Å². The van der Waals surface area contributed by atoms with Gasteiger partial charge in [-0.2, -0.15) is 0 Å². The summed E-state index contributed by atoms with van der Waals surface area (Å²) in [5.41, 5.74) is 7.94. The first-order chi connectivity index (χ1) is 9.34. The molecule has 19 heavy (non-hydrogen) atoms. The molecule has 0 fully saturated rings. The van der Waals surface area contributed by atoms with Gasteiger partial charge in [-0.05, 0) is 23.1 Å². The van der Waals surface area contributed by atoms with E-state index in [1.54, 1.807) is 0 Å². The minimum absolute atomic E-state index is 0.550. The highest BCUT2D eigenvalue weighted by atomic mass is 16.5. The van der Waals surface area contributed by atoms with Gasteiger partial charge >= 0.3 is 0 Å². The molecular weight excluding hydrogens is 234 g/mol. The Hall–Kier alpha value is -2.48. The van der Waals surface area contributed by atoms with Crippen molar-refractivity contribution in [2.45, 2.75) is 6.61 Å². The predicted octanol–water partition coefficient (Wildman–Crippen LogP) is 4.00. The maximum atomic E-state index is 6.05. The van der Waals surface area contributed by atoms with Crippen LogP contribution in [0.25, 0.3) is 10.8 Å². The lowest BCUT2D eigenvalue weighted by atomic mass is 10.1. The number of nitrogens with two attached hydrogens (primary N) is 1. The van der Waals surface area contributed by atoms with E-state index in [9.17, 15) is 0 Å². The zero-order valence-electron chi connectivity index (χ0n) is 10.5. The molecule has 0 aliphatic heterocycles. The van der Waals surface area contributed by atoms with Crippen molar-refractivity contribution >= 4 is 16.5 Å². The molecule has 0 aliphatic rings. The standard InChI is InChI=1S/C17H15NO/c18-15-10-4-8-14-9-5-11-16(17(14)15)19-12-13-6-2-1-3-7-13/h1-11H,12,18H2. The van der Waals surface area contributed by atoms with Crippen LogP contribution in [0.4, 0.5) is 5.69 Å². The summed E-state index contributed by atoms with van der Waals surface area (Å²) in [6, 6.07) is 22.0. The van der Waals surface area contributed by atoms with Gasteiger partial charge in [-0.3, -0.25) is 0 Å². The molecule has 2 nitrogen and oxygen atoms in total. The summed E-state index contributed by atoms with van der Waals surface area (Å²) in [7, 11) is 0. The first-order valence-corrected chi connectivity index (χ1v) is 6.28. The molecule has 3 aromatic carbocycles. The summed E-state index contributed by atoms with van der Waals surface area (Å²) in [6.45, 7) is 0.550. The second-order valence-electron chi connectivity index (χ2n) is 4.48. The fraction of sp³-hybridized carbons (Fsp3) is 0.0588. The maximum Gasteiger partial charge on any atom is 0.129 e. The normalized spacial score (nSPS) is 10.5. The second kappa shape index (κ2) is 5.02. The lowest BCUT2D eigenvalue weighted by Gasteiger charge is -2.11. The number of hydrogen-bond acceptors (Lipinski definition) is 2. The molecule has 0 amide bonds. The van der Waals surface area contributed by atoms with Crippen molar-refractivity contribution in [3.63, 3.8) is 0 Å². The first-order valence-electron chi connectivity index (χ1n) is 6.28. The van der Waals surface area contributed by atoms with Gasteiger partial charge in [0.25, 0.3) is 0 Å². The van der Waals surface area contributed by atoms with Crippen LogP contribution >= 0.6 is 0 Å². The van der Waals surface area contributed by atoms with Crippen molar-refractivity contribution in [2.24, 2.45) is 0 Å². The van der Waals surface area contributed by atoms with Crippen LogP contribution in [0.1, 0.15) is 5.56 Å². The third-order valence-electron chi connectivity index (χ3n) is 3.14. The van der Waals surface area contributed by atoms with Crippen LogP contribution in [0.2, 0.25) is 0 Å². The Balaban J connectivity index is 1.93. The Kier molecular flexibility index (Phi) is 3.07. The van der Waals surface area contributed by atoms with Crippen LogP contribution in [-0.4, -0.2) is 0 Å². The number of nitrogen functional groups attached to an aromatic ring is 1. The van der Waals surface area contributed by atoms with E-state index in [4.69, 9.17) is 10.5 Å². The van der Waals surface area contributed by atoms with Crippen LogP contribution in [0.15, 0.2) is 66.7 Å². The molecule has 2 N–H and O–H groups in total. The number of benzene rings is 3. The van der Waals surface area contributed by atoms with E-state index < -0.39 is 0 Å². The van der Waals surface area contributed by atoms with E-state index in [-0.39, 0.29) is 0 Å². The zero-order chi connectivity index (χ0) is 13.1. The lowest BCUT2D eigenvalue weighted by molar-refractivity contribution is 0.310. The van der Waals surface area contributed by atoms with Crippen LogP contribution in [0.3, 0.4) is 0 Å². The van der Waals surface area contributed by atoms with Gasteiger partial charge in [0.15, 0.2) is 0 Å². The molecule has 0 atom stereocenters. The molecule has 0 bridgehead atoms. The maximum absolute atomic E-state index is 6.05. The zero-order valence-corrected chi connectivity index (χ0v) is 10.5. The third-order valence-corrected chi connectivity index (χ3v) is 3.14.